The predicted octanol–water partition coefficient (Wildman–Crippen LogP) is 1.79. The number of nitrogens with zero attached hydrogens (tertiary/aromatic N) is 2. The van der Waals surface area contributed by atoms with Crippen LogP contribution in [0.25, 0.3) is 0 Å². The number of hydrogen-bond donors (Lipinski definition) is 2. The molecule has 7 nitrogen and oxygen atoms in total. The van der Waals surface area contributed by atoms with Crippen LogP contribution >= 0.6 is 12.4 Å². The van der Waals surface area contributed by atoms with Crippen molar-refractivity contribution in [1.82, 2.24) is 10.2 Å². The van der Waals surface area contributed by atoms with Gasteiger partial charge in [-0.3, -0.25) is 14.9 Å². The molecule has 8 heteroatoms. The van der Waals surface area contributed by atoms with Crippen molar-refractivity contribution in [3.63, 3.8) is 0 Å². The number of benzene rings is 1. The van der Waals surface area contributed by atoms with E-state index < -0.39 is 10.7 Å². The molecule has 2 N–H and O–H groups in total. The molecule has 1 aliphatic rings. The van der Waals surface area contributed by atoms with Gasteiger partial charge in [0.2, 0.25) is 0 Å². The van der Waals surface area contributed by atoms with Gasteiger partial charge in [0.1, 0.15) is 0 Å². The predicted molar refractivity (Wildman–Crippen MR) is 84.6 cm³/mol. The van der Waals surface area contributed by atoms with E-state index in [2.05, 4.69) is 5.32 Å². The maximum atomic E-state index is 12.3. The largest absolute Gasteiger partial charge is 0.502 e. The molecule has 0 radical (unpaired) electrons. The van der Waals surface area contributed by atoms with E-state index in [1.54, 1.807) is 4.90 Å². The number of amides is 1. The number of carbonyl (C=O) groups is 1. The molecule has 0 aromatic heterocycles. The van der Waals surface area contributed by atoms with Crippen LogP contribution < -0.4 is 5.32 Å². The molecule has 1 saturated heterocycles. The minimum atomic E-state index is -0.674. The highest BCUT2D eigenvalue weighted by Gasteiger charge is 2.24. The number of carbonyl (C=O) groups excluding carboxylic acids is 1. The molecule has 1 fully saturated rings. The third kappa shape index (κ3) is 4.08. The maximum Gasteiger partial charge on any atom is 0.310 e. The summed E-state index contributed by atoms with van der Waals surface area (Å²) in [6.45, 7) is 2.28. The zero-order chi connectivity index (χ0) is 15.4. The van der Waals surface area contributed by atoms with Gasteiger partial charge in [-0.05, 0) is 44.5 Å². The van der Waals surface area contributed by atoms with Crippen molar-refractivity contribution < 1.29 is 14.8 Å². The Morgan fingerprint density at radius 3 is 2.59 bits per heavy atom. The number of halogens is 1. The zero-order valence-electron chi connectivity index (χ0n) is 12.3. The Morgan fingerprint density at radius 1 is 1.45 bits per heavy atom. The van der Waals surface area contributed by atoms with Gasteiger partial charge in [-0.25, -0.2) is 0 Å². The van der Waals surface area contributed by atoms with Crippen molar-refractivity contribution in [2.75, 3.05) is 26.7 Å². The molecule has 2 rings (SSSR count). The number of phenols is 1. The minimum Gasteiger partial charge on any atom is -0.502 e. The van der Waals surface area contributed by atoms with Gasteiger partial charge < -0.3 is 15.3 Å². The molecule has 1 amide bonds. The van der Waals surface area contributed by atoms with Crippen LogP contribution in [0.2, 0.25) is 0 Å². The van der Waals surface area contributed by atoms with Gasteiger partial charge in [0, 0.05) is 24.7 Å². The van der Waals surface area contributed by atoms with Crippen LogP contribution in [0.5, 0.6) is 5.75 Å². The van der Waals surface area contributed by atoms with Crippen molar-refractivity contribution >= 4 is 24.0 Å². The third-order valence-electron chi connectivity index (χ3n) is 3.81. The molecular weight excluding hydrogens is 310 g/mol. The number of phenolic OH excluding ortho intramolecular Hbond substituents is 1. The van der Waals surface area contributed by atoms with Gasteiger partial charge in [-0.1, -0.05) is 0 Å². The van der Waals surface area contributed by atoms with Crippen LogP contribution in [0.3, 0.4) is 0 Å². The van der Waals surface area contributed by atoms with Crippen molar-refractivity contribution in [3.8, 4) is 5.75 Å². The summed E-state index contributed by atoms with van der Waals surface area (Å²) in [5.41, 5.74) is -0.107. The quantitative estimate of drug-likeness (QED) is 0.648. The van der Waals surface area contributed by atoms with Gasteiger partial charge in [-0.15, -0.1) is 12.4 Å². The van der Waals surface area contributed by atoms with E-state index in [0.29, 0.717) is 19.0 Å². The lowest BCUT2D eigenvalue weighted by atomic mass is 9.96. The lowest BCUT2D eigenvalue weighted by Crippen LogP contribution is -2.40. The minimum absolute atomic E-state index is 0. The van der Waals surface area contributed by atoms with E-state index in [9.17, 15) is 20.0 Å². The molecule has 122 valence electrons. The summed E-state index contributed by atoms with van der Waals surface area (Å²) < 4.78 is 0. The van der Waals surface area contributed by atoms with Crippen molar-refractivity contribution in [1.29, 1.82) is 0 Å². The SMILES string of the molecule is CNCC1CCN(C(=O)c2ccc([N+](=O)[O-])c(O)c2)CC1.Cl. The normalized spacial score (nSPS) is 15.2. The van der Waals surface area contributed by atoms with Crippen LogP contribution in [0.4, 0.5) is 5.69 Å². The first-order valence-corrected chi connectivity index (χ1v) is 6.94. The summed E-state index contributed by atoms with van der Waals surface area (Å²) in [5.74, 6) is -0.0941. The van der Waals surface area contributed by atoms with Gasteiger partial charge >= 0.3 is 5.69 Å². The second-order valence-corrected chi connectivity index (χ2v) is 5.25. The smallest absolute Gasteiger partial charge is 0.310 e. The molecule has 22 heavy (non-hydrogen) atoms. The lowest BCUT2D eigenvalue weighted by molar-refractivity contribution is -0.385. The van der Waals surface area contributed by atoms with E-state index in [4.69, 9.17) is 0 Å². The Morgan fingerprint density at radius 2 is 2.09 bits per heavy atom. The van der Waals surface area contributed by atoms with Crippen molar-refractivity contribution in [3.05, 3.63) is 33.9 Å². The van der Waals surface area contributed by atoms with Crippen LogP contribution in [0.15, 0.2) is 18.2 Å². The molecule has 0 spiro atoms. The zero-order valence-corrected chi connectivity index (χ0v) is 13.1. The highest BCUT2D eigenvalue weighted by Crippen LogP contribution is 2.27. The van der Waals surface area contributed by atoms with E-state index in [-0.39, 0.29) is 29.6 Å². The Labute approximate surface area is 134 Å². The van der Waals surface area contributed by atoms with Crippen molar-refractivity contribution in [2.24, 2.45) is 5.92 Å². The van der Waals surface area contributed by atoms with Gasteiger partial charge in [0.15, 0.2) is 5.75 Å². The third-order valence-corrected chi connectivity index (χ3v) is 3.81. The first kappa shape index (κ1) is 18.2. The first-order chi connectivity index (χ1) is 10.0. The second-order valence-electron chi connectivity index (χ2n) is 5.25. The summed E-state index contributed by atoms with van der Waals surface area (Å²) in [7, 11) is 1.91. The molecule has 1 aromatic carbocycles. The number of rotatable bonds is 4. The van der Waals surface area contributed by atoms with Crippen LogP contribution in [-0.4, -0.2) is 47.5 Å². The average molecular weight is 330 g/mol. The highest BCUT2D eigenvalue weighted by molar-refractivity contribution is 5.95. The van der Waals surface area contributed by atoms with Crippen molar-refractivity contribution in [2.45, 2.75) is 12.8 Å². The molecule has 0 saturated carbocycles. The fourth-order valence-corrected chi connectivity index (χ4v) is 2.62. The summed E-state index contributed by atoms with van der Waals surface area (Å²) in [4.78, 5) is 24.0. The number of hydrogen-bond acceptors (Lipinski definition) is 5. The molecule has 1 aromatic rings. The standard InChI is InChI=1S/C14H19N3O4.ClH/c1-15-9-10-4-6-16(7-5-10)14(19)11-2-3-12(17(20)21)13(18)8-11;/h2-3,8,10,15,18H,4-7,9H2,1H3;1H. The number of nitrogens with one attached hydrogen (secondary N) is 1. The lowest BCUT2D eigenvalue weighted by Gasteiger charge is -2.32. The fraction of sp³-hybridized carbons (Fsp3) is 0.500. The number of aromatic hydroxyl groups is 1. The second kappa shape index (κ2) is 7.95. The van der Waals surface area contributed by atoms with Gasteiger partial charge in [0.05, 0.1) is 4.92 Å². The molecule has 0 aliphatic carbocycles. The topological polar surface area (TPSA) is 95.7 Å². The summed E-state index contributed by atoms with van der Waals surface area (Å²) in [6, 6.07) is 3.72. The highest BCUT2D eigenvalue weighted by atomic mass is 35.5. The number of likely N-dealkylation sites (tertiary alicyclic amines) is 1. The number of piperidine rings is 1. The van der Waals surface area contributed by atoms with Crippen LogP contribution in [-0.2, 0) is 0 Å². The Hall–Kier alpha value is -1.86. The molecule has 0 unspecified atom stereocenters. The number of nitro groups is 1. The molecular formula is C14H20ClN3O4. The van der Waals surface area contributed by atoms with E-state index in [0.717, 1.165) is 25.5 Å². The summed E-state index contributed by atoms with van der Waals surface area (Å²) in [6.07, 6.45) is 1.87. The van der Waals surface area contributed by atoms with Gasteiger partial charge in [0.25, 0.3) is 5.91 Å². The van der Waals surface area contributed by atoms with E-state index in [1.807, 2.05) is 7.05 Å². The van der Waals surface area contributed by atoms with E-state index >= 15 is 0 Å². The van der Waals surface area contributed by atoms with Crippen LogP contribution in [0.1, 0.15) is 23.2 Å². The Balaban J connectivity index is 0.00000242. The Kier molecular flexibility index (Phi) is 6.58. The average Bonchev–Trinajstić information content (AvgIpc) is 2.47. The number of nitro benzene ring substituents is 1. The van der Waals surface area contributed by atoms with E-state index in [1.165, 1.54) is 12.1 Å². The monoisotopic (exact) mass is 329 g/mol. The fourth-order valence-electron chi connectivity index (χ4n) is 2.62. The molecule has 0 atom stereocenters. The molecule has 1 heterocycles. The van der Waals surface area contributed by atoms with Crippen LogP contribution in [0, 0.1) is 16.0 Å². The molecule has 0 bridgehead atoms. The summed E-state index contributed by atoms with van der Waals surface area (Å²) >= 11 is 0. The Bertz CT molecular complexity index is 545. The van der Waals surface area contributed by atoms with Gasteiger partial charge in [-0.2, -0.15) is 0 Å². The maximum absolute atomic E-state index is 12.3. The summed E-state index contributed by atoms with van der Waals surface area (Å²) in [5, 5.41) is 23.4. The molecule has 1 aliphatic heterocycles. The first-order valence-electron chi connectivity index (χ1n) is 6.94.